The van der Waals surface area contributed by atoms with E-state index < -0.39 is 0 Å². The molecule has 2 fully saturated rings. The minimum Gasteiger partial charge on any atom is -0.390 e. The highest BCUT2D eigenvalue weighted by Crippen LogP contribution is 2.38. The number of ether oxygens (including phenoxy) is 3. The van der Waals surface area contributed by atoms with E-state index in [9.17, 15) is 5.11 Å². The van der Waals surface area contributed by atoms with Gasteiger partial charge in [0.05, 0.1) is 18.3 Å². The van der Waals surface area contributed by atoms with Crippen LogP contribution >= 0.6 is 0 Å². The summed E-state index contributed by atoms with van der Waals surface area (Å²) in [6, 6.07) is 0. The fourth-order valence-corrected chi connectivity index (χ4v) is 2.79. The summed E-state index contributed by atoms with van der Waals surface area (Å²) in [4.78, 5) is 0. The Morgan fingerprint density at radius 2 is 2.12 bits per heavy atom. The first-order valence-electron chi connectivity index (χ1n) is 6.14. The SMILES string of the molecule is COCC(O)C1CCOC2(CCOCC2)C1. The molecule has 0 radical (unpaired) electrons. The van der Waals surface area contributed by atoms with Crippen molar-refractivity contribution in [3.63, 3.8) is 0 Å². The first-order chi connectivity index (χ1) is 7.76. The molecule has 4 heteroatoms. The smallest absolute Gasteiger partial charge is 0.0803 e. The Balaban J connectivity index is 1.92. The third-order valence-electron chi connectivity index (χ3n) is 3.82. The zero-order valence-electron chi connectivity index (χ0n) is 9.98. The van der Waals surface area contributed by atoms with E-state index in [1.807, 2.05) is 0 Å². The molecular formula is C12H22O4. The molecule has 2 aliphatic rings. The summed E-state index contributed by atoms with van der Waals surface area (Å²) < 4.78 is 16.3. The summed E-state index contributed by atoms with van der Waals surface area (Å²) in [5.74, 6) is 0.312. The van der Waals surface area contributed by atoms with Crippen LogP contribution in [0.4, 0.5) is 0 Å². The molecule has 4 nitrogen and oxygen atoms in total. The monoisotopic (exact) mass is 230 g/mol. The van der Waals surface area contributed by atoms with E-state index in [4.69, 9.17) is 14.2 Å². The van der Waals surface area contributed by atoms with Crippen molar-refractivity contribution in [3.05, 3.63) is 0 Å². The van der Waals surface area contributed by atoms with Crippen molar-refractivity contribution in [2.75, 3.05) is 33.5 Å². The second kappa shape index (κ2) is 5.45. The lowest BCUT2D eigenvalue weighted by atomic mass is 9.79. The van der Waals surface area contributed by atoms with Gasteiger partial charge in [-0.3, -0.25) is 0 Å². The Bertz CT molecular complexity index is 208. The van der Waals surface area contributed by atoms with Crippen LogP contribution in [0.5, 0.6) is 0 Å². The zero-order valence-corrected chi connectivity index (χ0v) is 9.98. The standard InChI is InChI=1S/C12H22O4/c1-14-9-11(13)10-2-5-16-12(8-10)3-6-15-7-4-12/h10-11,13H,2-9H2,1H3. The average Bonchev–Trinajstić information content (AvgIpc) is 2.30. The predicted octanol–water partition coefficient (Wildman–Crippen LogP) is 0.969. The summed E-state index contributed by atoms with van der Waals surface area (Å²) >= 11 is 0. The molecule has 2 rings (SSSR count). The fourth-order valence-electron chi connectivity index (χ4n) is 2.79. The van der Waals surface area contributed by atoms with Gasteiger partial charge in [-0.2, -0.15) is 0 Å². The molecule has 94 valence electrons. The van der Waals surface area contributed by atoms with Gasteiger partial charge in [0.1, 0.15) is 0 Å². The molecule has 2 aliphatic heterocycles. The summed E-state index contributed by atoms with van der Waals surface area (Å²) in [5, 5.41) is 9.98. The zero-order chi connectivity index (χ0) is 11.4. The molecule has 0 aromatic carbocycles. The molecule has 2 atom stereocenters. The van der Waals surface area contributed by atoms with Gasteiger partial charge in [0, 0.05) is 26.9 Å². The lowest BCUT2D eigenvalue weighted by Crippen LogP contribution is -2.47. The van der Waals surface area contributed by atoms with E-state index >= 15 is 0 Å². The first-order valence-corrected chi connectivity index (χ1v) is 6.14. The van der Waals surface area contributed by atoms with E-state index in [2.05, 4.69) is 0 Å². The maximum atomic E-state index is 9.98. The van der Waals surface area contributed by atoms with Crippen molar-refractivity contribution in [2.24, 2.45) is 5.92 Å². The number of aliphatic hydroxyl groups is 1. The maximum Gasteiger partial charge on any atom is 0.0803 e. The second-order valence-corrected chi connectivity index (χ2v) is 4.92. The van der Waals surface area contributed by atoms with E-state index in [1.165, 1.54) is 0 Å². The van der Waals surface area contributed by atoms with Crippen molar-refractivity contribution in [1.29, 1.82) is 0 Å². The molecule has 0 saturated carbocycles. The van der Waals surface area contributed by atoms with Crippen LogP contribution in [-0.4, -0.2) is 50.3 Å². The van der Waals surface area contributed by atoms with Crippen LogP contribution in [-0.2, 0) is 14.2 Å². The number of aliphatic hydroxyl groups excluding tert-OH is 1. The summed E-state index contributed by atoms with van der Waals surface area (Å²) in [5.41, 5.74) is -0.0319. The van der Waals surface area contributed by atoms with Crippen LogP contribution in [0.3, 0.4) is 0 Å². The molecular weight excluding hydrogens is 208 g/mol. The van der Waals surface area contributed by atoms with Gasteiger partial charge in [-0.15, -0.1) is 0 Å². The molecule has 16 heavy (non-hydrogen) atoms. The third kappa shape index (κ3) is 2.74. The maximum absolute atomic E-state index is 9.98. The molecule has 0 amide bonds. The Kier molecular flexibility index (Phi) is 4.19. The molecule has 1 N–H and O–H groups in total. The molecule has 0 aromatic rings. The molecule has 0 aliphatic carbocycles. The normalized spacial score (nSPS) is 31.5. The molecule has 0 bridgehead atoms. The third-order valence-corrected chi connectivity index (χ3v) is 3.82. The topological polar surface area (TPSA) is 47.9 Å². The molecule has 0 aromatic heterocycles. The highest BCUT2D eigenvalue weighted by Gasteiger charge is 2.40. The first kappa shape index (κ1) is 12.3. The van der Waals surface area contributed by atoms with E-state index in [-0.39, 0.29) is 11.7 Å². The van der Waals surface area contributed by atoms with Crippen molar-refractivity contribution < 1.29 is 19.3 Å². The van der Waals surface area contributed by atoms with Crippen LogP contribution in [0, 0.1) is 5.92 Å². The van der Waals surface area contributed by atoms with Gasteiger partial charge in [0.2, 0.25) is 0 Å². The summed E-state index contributed by atoms with van der Waals surface area (Å²) in [6.45, 7) is 2.75. The van der Waals surface area contributed by atoms with Crippen molar-refractivity contribution in [1.82, 2.24) is 0 Å². The number of methoxy groups -OCH3 is 1. The Morgan fingerprint density at radius 1 is 1.38 bits per heavy atom. The number of hydrogen-bond donors (Lipinski definition) is 1. The van der Waals surface area contributed by atoms with Crippen LogP contribution in [0.25, 0.3) is 0 Å². The fraction of sp³-hybridized carbons (Fsp3) is 1.00. The quantitative estimate of drug-likeness (QED) is 0.785. The lowest BCUT2D eigenvalue weighted by molar-refractivity contribution is -0.161. The van der Waals surface area contributed by atoms with Gasteiger partial charge in [0.25, 0.3) is 0 Å². The van der Waals surface area contributed by atoms with Crippen molar-refractivity contribution in [3.8, 4) is 0 Å². The van der Waals surface area contributed by atoms with Gasteiger partial charge in [-0.25, -0.2) is 0 Å². The van der Waals surface area contributed by atoms with Crippen LogP contribution in [0.2, 0.25) is 0 Å². The highest BCUT2D eigenvalue weighted by molar-refractivity contribution is 4.90. The molecule has 2 saturated heterocycles. The highest BCUT2D eigenvalue weighted by atomic mass is 16.5. The Morgan fingerprint density at radius 3 is 2.81 bits per heavy atom. The average molecular weight is 230 g/mol. The van der Waals surface area contributed by atoms with Gasteiger partial charge < -0.3 is 19.3 Å². The minimum absolute atomic E-state index is 0.0319. The van der Waals surface area contributed by atoms with Crippen LogP contribution < -0.4 is 0 Å². The molecule has 2 unspecified atom stereocenters. The van der Waals surface area contributed by atoms with Gasteiger partial charge in [-0.05, 0) is 31.6 Å². The van der Waals surface area contributed by atoms with Crippen molar-refractivity contribution >= 4 is 0 Å². The minimum atomic E-state index is -0.353. The Hall–Kier alpha value is -0.160. The second-order valence-electron chi connectivity index (χ2n) is 4.92. The molecule has 2 heterocycles. The predicted molar refractivity (Wildman–Crippen MR) is 59.3 cm³/mol. The van der Waals surface area contributed by atoms with E-state index in [0.717, 1.165) is 45.5 Å². The van der Waals surface area contributed by atoms with E-state index in [0.29, 0.717) is 12.5 Å². The van der Waals surface area contributed by atoms with Gasteiger partial charge in [-0.1, -0.05) is 0 Å². The number of rotatable bonds is 3. The van der Waals surface area contributed by atoms with Gasteiger partial charge >= 0.3 is 0 Å². The summed E-state index contributed by atoms with van der Waals surface area (Å²) in [7, 11) is 1.63. The lowest BCUT2D eigenvalue weighted by Gasteiger charge is -2.44. The number of hydrogen-bond acceptors (Lipinski definition) is 4. The Labute approximate surface area is 96.9 Å². The largest absolute Gasteiger partial charge is 0.390 e. The summed E-state index contributed by atoms with van der Waals surface area (Å²) in [6.07, 6.45) is 3.45. The van der Waals surface area contributed by atoms with Crippen LogP contribution in [0.1, 0.15) is 25.7 Å². The van der Waals surface area contributed by atoms with Gasteiger partial charge in [0.15, 0.2) is 0 Å². The van der Waals surface area contributed by atoms with E-state index in [1.54, 1.807) is 7.11 Å². The van der Waals surface area contributed by atoms with Crippen molar-refractivity contribution in [2.45, 2.75) is 37.4 Å². The van der Waals surface area contributed by atoms with Crippen LogP contribution in [0.15, 0.2) is 0 Å². The molecule has 1 spiro atoms.